The molecule has 3 aromatic carbocycles. The molecule has 1 N–H and O–H groups in total. The minimum absolute atomic E-state index is 0.117. The average Bonchev–Trinajstić information content (AvgIpc) is 2.81. The van der Waals surface area contributed by atoms with Crippen molar-refractivity contribution in [3.8, 4) is 0 Å². The highest BCUT2D eigenvalue weighted by Gasteiger charge is 2.15. The summed E-state index contributed by atoms with van der Waals surface area (Å²) in [6, 6.07) is 22.8. The van der Waals surface area contributed by atoms with Crippen molar-refractivity contribution in [3.63, 3.8) is 0 Å². The maximum Gasteiger partial charge on any atom is 0.303 e. The Bertz CT molecular complexity index is 1050. The van der Waals surface area contributed by atoms with E-state index in [1.165, 1.54) is 16.3 Å². The fourth-order valence-corrected chi connectivity index (χ4v) is 4.08. The molecule has 174 valence electrons. The fourth-order valence-electron chi connectivity index (χ4n) is 4.08. The van der Waals surface area contributed by atoms with E-state index in [0.29, 0.717) is 25.9 Å². The number of carbonyl (C=O) groups is 2. The second-order valence-electron chi connectivity index (χ2n) is 8.71. The van der Waals surface area contributed by atoms with Crippen LogP contribution in [-0.4, -0.2) is 49.1 Å². The Morgan fingerprint density at radius 2 is 1.55 bits per heavy atom. The number of hydrogen-bond donors (Lipinski definition) is 1. The largest absolute Gasteiger partial charge is 0.481 e. The Morgan fingerprint density at radius 1 is 0.818 bits per heavy atom. The van der Waals surface area contributed by atoms with Crippen LogP contribution in [0.5, 0.6) is 0 Å². The summed E-state index contributed by atoms with van der Waals surface area (Å²) in [5, 5.41) is 11.3. The predicted octanol–water partition coefficient (Wildman–Crippen LogP) is 5.16. The highest BCUT2D eigenvalue weighted by atomic mass is 16.4. The van der Waals surface area contributed by atoms with Crippen molar-refractivity contribution in [3.05, 3.63) is 77.9 Å². The summed E-state index contributed by atoms with van der Waals surface area (Å²) in [5.41, 5.74) is 3.36. The number of unbranched alkanes of at least 4 members (excludes halogenated alkanes) is 2. The van der Waals surface area contributed by atoms with Crippen LogP contribution in [0.25, 0.3) is 10.8 Å². The number of carbonyl (C=O) groups excluding carboxylic acids is 1. The number of benzene rings is 3. The molecule has 5 nitrogen and oxygen atoms in total. The quantitative estimate of drug-likeness (QED) is 0.390. The Balaban J connectivity index is 1.66. The van der Waals surface area contributed by atoms with Gasteiger partial charge in [-0.2, -0.15) is 0 Å². The molecule has 0 radical (unpaired) electrons. The predicted molar refractivity (Wildman–Crippen MR) is 135 cm³/mol. The zero-order valence-electron chi connectivity index (χ0n) is 19.7. The van der Waals surface area contributed by atoms with Crippen molar-refractivity contribution < 1.29 is 14.7 Å². The van der Waals surface area contributed by atoms with Gasteiger partial charge in [-0.3, -0.25) is 9.59 Å². The molecule has 0 bridgehead atoms. The molecule has 0 aliphatic heterocycles. The van der Waals surface area contributed by atoms with Crippen LogP contribution in [0.4, 0.5) is 5.69 Å². The lowest BCUT2D eigenvalue weighted by atomic mass is 10.0. The van der Waals surface area contributed by atoms with Crippen molar-refractivity contribution in [1.82, 2.24) is 4.90 Å². The molecule has 0 heterocycles. The molecule has 0 saturated heterocycles. The van der Waals surface area contributed by atoms with Gasteiger partial charge in [0, 0.05) is 39.3 Å². The highest BCUT2D eigenvalue weighted by molar-refractivity contribution is 5.85. The monoisotopic (exact) mass is 446 g/mol. The minimum Gasteiger partial charge on any atom is -0.481 e. The van der Waals surface area contributed by atoms with Crippen LogP contribution < -0.4 is 4.90 Å². The zero-order chi connectivity index (χ0) is 23.6. The van der Waals surface area contributed by atoms with Gasteiger partial charge in [-0.1, -0.05) is 61.0 Å². The number of hydrogen-bond acceptors (Lipinski definition) is 3. The van der Waals surface area contributed by atoms with Gasteiger partial charge >= 0.3 is 5.97 Å². The molecule has 3 rings (SSSR count). The molecule has 0 aliphatic carbocycles. The Hall–Kier alpha value is -3.34. The lowest BCUT2D eigenvalue weighted by Gasteiger charge is -2.23. The fraction of sp³-hybridized carbons (Fsp3) is 0.357. The summed E-state index contributed by atoms with van der Waals surface area (Å²) in [6.07, 6.45) is 3.62. The number of carboxylic acid groups (broad SMARTS) is 1. The van der Waals surface area contributed by atoms with Gasteiger partial charge in [-0.25, -0.2) is 0 Å². The number of anilines is 1. The van der Waals surface area contributed by atoms with E-state index < -0.39 is 5.97 Å². The molecule has 3 aromatic rings. The maximum absolute atomic E-state index is 13.2. The Labute approximate surface area is 196 Å². The highest BCUT2D eigenvalue weighted by Crippen LogP contribution is 2.20. The van der Waals surface area contributed by atoms with Gasteiger partial charge in [0.15, 0.2) is 0 Å². The van der Waals surface area contributed by atoms with Crippen LogP contribution in [0.2, 0.25) is 0 Å². The lowest BCUT2D eigenvalue weighted by Crippen LogP contribution is -2.35. The van der Waals surface area contributed by atoms with Gasteiger partial charge in [0.1, 0.15) is 0 Å². The van der Waals surface area contributed by atoms with E-state index in [0.717, 1.165) is 30.5 Å². The van der Waals surface area contributed by atoms with Gasteiger partial charge in [-0.05, 0) is 53.3 Å². The third-order valence-electron chi connectivity index (χ3n) is 6.01. The van der Waals surface area contributed by atoms with Gasteiger partial charge in [0.05, 0.1) is 6.42 Å². The molecule has 0 fully saturated rings. The summed E-state index contributed by atoms with van der Waals surface area (Å²) in [7, 11) is 4.00. The number of fused-ring (bicyclic) bond motifs is 1. The smallest absolute Gasteiger partial charge is 0.303 e. The second kappa shape index (κ2) is 12.0. The molecule has 33 heavy (non-hydrogen) atoms. The summed E-state index contributed by atoms with van der Waals surface area (Å²) in [5.74, 6) is -0.647. The molecular weight excluding hydrogens is 412 g/mol. The topological polar surface area (TPSA) is 60.9 Å². The molecule has 0 atom stereocenters. The van der Waals surface area contributed by atoms with Crippen LogP contribution in [0.3, 0.4) is 0 Å². The third kappa shape index (κ3) is 7.35. The van der Waals surface area contributed by atoms with Gasteiger partial charge in [0.2, 0.25) is 5.91 Å². The number of nitrogens with zero attached hydrogens (tertiary/aromatic N) is 2. The molecular formula is C28H34N2O3. The Morgan fingerprint density at radius 3 is 2.27 bits per heavy atom. The zero-order valence-corrected chi connectivity index (χ0v) is 19.7. The van der Waals surface area contributed by atoms with E-state index in [1.54, 1.807) is 0 Å². The standard InChI is InChI=1S/C28H34N2O3/c1-29(2)25-16-14-22(15-17-25)21-27(31)30(19-7-3-4-13-28(32)33)20-18-24-11-8-10-23-9-5-6-12-26(23)24/h5-6,8-12,14-17H,3-4,7,13,18-21H2,1-2H3,(H,32,33). The van der Waals surface area contributed by atoms with Crippen molar-refractivity contribution in [2.75, 3.05) is 32.1 Å². The van der Waals surface area contributed by atoms with E-state index >= 15 is 0 Å². The Kier molecular flexibility index (Phi) is 8.87. The number of rotatable bonds is 12. The molecule has 5 heteroatoms. The summed E-state index contributed by atoms with van der Waals surface area (Å²) in [4.78, 5) is 28.0. The SMILES string of the molecule is CN(C)c1ccc(CC(=O)N(CCCCCC(=O)O)CCc2cccc3ccccc23)cc1. The first kappa shape index (κ1) is 24.3. The molecule has 0 spiro atoms. The first-order valence-corrected chi connectivity index (χ1v) is 11.7. The molecule has 0 unspecified atom stereocenters. The second-order valence-corrected chi connectivity index (χ2v) is 8.71. The number of aliphatic carboxylic acids is 1. The van der Waals surface area contributed by atoms with Crippen LogP contribution >= 0.6 is 0 Å². The van der Waals surface area contributed by atoms with Gasteiger partial charge in [0.25, 0.3) is 0 Å². The van der Waals surface area contributed by atoms with Gasteiger partial charge in [-0.15, -0.1) is 0 Å². The first-order chi connectivity index (χ1) is 15.9. The lowest BCUT2D eigenvalue weighted by molar-refractivity contribution is -0.137. The molecule has 0 saturated carbocycles. The van der Waals surface area contributed by atoms with Gasteiger partial charge < -0.3 is 14.9 Å². The van der Waals surface area contributed by atoms with Crippen molar-refractivity contribution >= 4 is 28.3 Å². The normalized spacial score (nSPS) is 10.8. The van der Waals surface area contributed by atoms with E-state index in [2.05, 4.69) is 36.4 Å². The summed E-state index contributed by atoms with van der Waals surface area (Å²) in [6.45, 7) is 1.31. The maximum atomic E-state index is 13.2. The summed E-state index contributed by atoms with van der Waals surface area (Å²) >= 11 is 0. The molecule has 0 aliphatic rings. The van der Waals surface area contributed by atoms with Crippen LogP contribution in [0, 0.1) is 0 Å². The minimum atomic E-state index is -0.764. The molecule has 1 amide bonds. The van der Waals surface area contributed by atoms with Crippen molar-refractivity contribution in [1.29, 1.82) is 0 Å². The van der Waals surface area contributed by atoms with Crippen LogP contribution in [0.15, 0.2) is 66.7 Å². The van der Waals surface area contributed by atoms with Crippen LogP contribution in [0.1, 0.15) is 36.8 Å². The number of carboxylic acids is 1. The summed E-state index contributed by atoms with van der Waals surface area (Å²) < 4.78 is 0. The average molecular weight is 447 g/mol. The molecule has 0 aromatic heterocycles. The van der Waals surface area contributed by atoms with Crippen molar-refractivity contribution in [2.45, 2.75) is 38.5 Å². The van der Waals surface area contributed by atoms with E-state index in [4.69, 9.17) is 5.11 Å². The van der Waals surface area contributed by atoms with Crippen LogP contribution in [-0.2, 0) is 22.4 Å². The van der Waals surface area contributed by atoms with Crippen molar-refractivity contribution in [2.24, 2.45) is 0 Å². The third-order valence-corrected chi connectivity index (χ3v) is 6.01. The van der Waals surface area contributed by atoms with E-state index in [1.807, 2.05) is 54.2 Å². The van der Waals surface area contributed by atoms with E-state index in [9.17, 15) is 9.59 Å². The first-order valence-electron chi connectivity index (χ1n) is 11.7. The number of amides is 1. The van der Waals surface area contributed by atoms with E-state index in [-0.39, 0.29) is 12.3 Å².